The molecule has 5 rings (SSSR count). The van der Waals surface area contributed by atoms with Gasteiger partial charge in [-0.25, -0.2) is 9.78 Å². The van der Waals surface area contributed by atoms with Gasteiger partial charge in [0.1, 0.15) is 5.82 Å². The van der Waals surface area contributed by atoms with Gasteiger partial charge in [-0.15, -0.1) is 0 Å². The smallest absolute Gasteiger partial charge is 0.321 e. The Morgan fingerprint density at radius 1 is 0.968 bits per heavy atom. The number of aromatic nitrogens is 2. The number of anilines is 3. The third-order valence-corrected chi connectivity index (χ3v) is 6.96. The lowest BCUT2D eigenvalue weighted by Gasteiger charge is -2.36. The van der Waals surface area contributed by atoms with E-state index in [-0.39, 0.29) is 6.03 Å². The molecule has 0 atom stereocenters. The molecule has 9 heteroatoms. The van der Waals surface area contributed by atoms with Gasteiger partial charge in [0.2, 0.25) is 5.95 Å². The van der Waals surface area contributed by atoms with Crippen molar-refractivity contribution >= 4 is 35.2 Å². The van der Waals surface area contributed by atoms with Crippen molar-refractivity contribution in [2.75, 3.05) is 73.4 Å². The number of carbonyl (C=O) groups excluding carboxylic acids is 1. The Labute approximate surface area is 187 Å². The molecule has 0 spiro atoms. The number of fused-ring (bicyclic) bond motifs is 1. The van der Waals surface area contributed by atoms with Crippen LogP contribution >= 0.6 is 11.8 Å². The molecule has 31 heavy (non-hydrogen) atoms. The first-order valence-corrected chi connectivity index (χ1v) is 12.1. The van der Waals surface area contributed by atoms with E-state index in [1.54, 1.807) is 0 Å². The Bertz CT molecular complexity index is 914. The SMILES string of the molecule is O=C(Nc1ccccc1)N1CCN(c2nc3c(c(N4CCOCC4)n2)CSCC3)CC1. The van der Waals surface area contributed by atoms with Crippen LogP contribution < -0.4 is 15.1 Å². The maximum Gasteiger partial charge on any atom is 0.321 e. The standard InChI is InChI=1S/C22H28N6O2S/c29-22(23-17-4-2-1-3-5-17)28-9-7-27(8-10-28)21-24-19-6-15-31-16-18(19)20(25-21)26-11-13-30-14-12-26/h1-5H,6-16H2,(H,23,29). The first-order chi connectivity index (χ1) is 15.3. The molecule has 2 fully saturated rings. The summed E-state index contributed by atoms with van der Waals surface area (Å²) in [7, 11) is 0. The molecule has 8 nitrogen and oxygen atoms in total. The molecule has 0 saturated carbocycles. The summed E-state index contributed by atoms with van der Waals surface area (Å²) in [6, 6.07) is 9.54. The van der Waals surface area contributed by atoms with Crippen LogP contribution in [0.4, 0.5) is 22.2 Å². The normalized spacial score (nSPS) is 19.2. The number of nitrogens with one attached hydrogen (secondary N) is 1. The highest BCUT2D eigenvalue weighted by atomic mass is 32.2. The zero-order chi connectivity index (χ0) is 21.0. The Morgan fingerprint density at radius 3 is 2.52 bits per heavy atom. The molecule has 1 N–H and O–H groups in total. The van der Waals surface area contributed by atoms with Gasteiger partial charge in [0.25, 0.3) is 0 Å². The summed E-state index contributed by atoms with van der Waals surface area (Å²) in [6.07, 6.45) is 0.992. The first-order valence-electron chi connectivity index (χ1n) is 10.9. The summed E-state index contributed by atoms with van der Waals surface area (Å²) in [5, 5.41) is 2.98. The molecular weight excluding hydrogens is 412 g/mol. The molecule has 2 aromatic rings. The van der Waals surface area contributed by atoms with Crippen LogP contribution in [-0.4, -0.2) is 79.1 Å². The van der Waals surface area contributed by atoms with Crippen molar-refractivity contribution < 1.29 is 9.53 Å². The van der Waals surface area contributed by atoms with E-state index in [0.29, 0.717) is 13.1 Å². The second-order valence-electron chi connectivity index (χ2n) is 7.94. The summed E-state index contributed by atoms with van der Waals surface area (Å²) in [4.78, 5) is 29.0. The average molecular weight is 441 g/mol. The van der Waals surface area contributed by atoms with E-state index in [9.17, 15) is 4.79 Å². The molecule has 0 radical (unpaired) electrons. The van der Waals surface area contributed by atoms with Gasteiger partial charge in [-0.2, -0.15) is 16.7 Å². The van der Waals surface area contributed by atoms with E-state index >= 15 is 0 Å². The van der Waals surface area contributed by atoms with Gasteiger partial charge in [-0.05, 0) is 24.3 Å². The van der Waals surface area contributed by atoms with Crippen molar-refractivity contribution in [2.45, 2.75) is 12.2 Å². The highest BCUT2D eigenvalue weighted by Crippen LogP contribution is 2.32. The van der Waals surface area contributed by atoms with Crippen LogP contribution in [-0.2, 0) is 16.9 Å². The minimum Gasteiger partial charge on any atom is -0.378 e. The van der Waals surface area contributed by atoms with E-state index in [2.05, 4.69) is 15.1 Å². The second-order valence-corrected chi connectivity index (χ2v) is 9.05. The lowest BCUT2D eigenvalue weighted by Crippen LogP contribution is -2.50. The second kappa shape index (κ2) is 9.32. The molecule has 2 saturated heterocycles. The van der Waals surface area contributed by atoms with Crippen molar-refractivity contribution in [2.24, 2.45) is 0 Å². The Balaban J connectivity index is 1.29. The summed E-state index contributed by atoms with van der Waals surface area (Å²) in [5.41, 5.74) is 3.30. The zero-order valence-electron chi connectivity index (χ0n) is 17.6. The molecule has 3 aliphatic heterocycles. The van der Waals surface area contributed by atoms with Crippen LogP contribution in [0.3, 0.4) is 0 Å². The van der Waals surface area contributed by atoms with Gasteiger partial charge < -0.3 is 24.8 Å². The molecule has 0 aliphatic carbocycles. The number of thioether (sulfide) groups is 1. The lowest BCUT2D eigenvalue weighted by atomic mass is 10.1. The van der Waals surface area contributed by atoms with Crippen LogP contribution in [0.5, 0.6) is 0 Å². The van der Waals surface area contributed by atoms with Crippen LogP contribution in [0, 0.1) is 0 Å². The van der Waals surface area contributed by atoms with Gasteiger partial charge in [-0.1, -0.05) is 18.2 Å². The Kier molecular flexibility index (Phi) is 6.13. The highest BCUT2D eigenvalue weighted by molar-refractivity contribution is 7.98. The minimum atomic E-state index is -0.0526. The first kappa shape index (κ1) is 20.4. The summed E-state index contributed by atoms with van der Waals surface area (Å²) in [5.74, 6) is 3.98. The van der Waals surface area contributed by atoms with E-state index in [0.717, 1.165) is 74.8 Å². The maximum atomic E-state index is 12.6. The lowest BCUT2D eigenvalue weighted by molar-refractivity contribution is 0.122. The van der Waals surface area contributed by atoms with E-state index in [1.165, 1.54) is 11.3 Å². The number of carbonyl (C=O) groups is 1. The number of hydrogen-bond acceptors (Lipinski definition) is 7. The van der Waals surface area contributed by atoms with Gasteiger partial charge in [-0.3, -0.25) is 0 Å². The zero-order valence-corrected chi connectivity index (χ0v) is 18.4. The summed E-state index contributed by atoms with van der Waals surface area (Å²) in [6.45, 7) is 6.02. The molecule has 3 aliphatic rings. The van der Waals surface area contributed by atoms with Crippen molar-refractivity contribution in [1.29, 1.82) is 0 Å². The summed E-state index contributed by atoms with van der Waals surface area (Å²) >= 11 is 1.96. The van der Waals surface area contributed by atoms with Crippen LogP contribution in [0.25, 0.3) is 0 Å². The number of benzene rings is 1. The van der Waals surface area contributed by atoms with Gasteiger partial charge in [0.15, 0.2) is 0 Å². The predicted octanol–water partition coefficient (Wildman–Crippen LogP) is 2.46. The third kappa shape index (κ3) is 4.57. The third-order valence-electron chi connectivity index (χ3n) is 5.97. The topological polar surface area (TPSA) is 73.8 Å². The van der Waals surface area contributed by atoms with Crippen LogP contribution in [0.2, 0.25) is 0 Å². The van der Waals surface area contributed by atoms with Gasteiger partial charge in [0, 0.05) is 56.3 Å². The van der Waals surface area contributed by atoms with E-state index in [4.69, 9.17) is 14.7 Å². The fourth-order valence-corrected chi connectivity index (χ4v) is 5.20. The van der Waals surface area contributed by atoms with Crippen LogP contribution in [0.15, 0.2) is 30.3 Å². The molecule has 0 bridgehead atoms. The largest absolute Gasteiger partial charge is 0.378 e. The van der Waals surface area contributed by atoms with E-state index < -0.39 is 0 Å². The quantitative estimate of drug-likeness (QED) is 0.786. The van der Waals surface area contributed by atoms with E-state index in [1.807, 2.05) is 47.0 Å². The van der Waals surface area contributed by atoms with Crippen molar-refractivity contribution in [3.8, 4) is 0 Å². The van der Waals surface area contributed by atoms with Crippen molar-refractivity contribution in [3.63, 3.8) is 0 Å². The molecule has 164 valence electrons. The molecule has 4 heterocycles. The van der Waals surface area contributed by atoms with Gasteiger partial charge >= 0.3 is 6.03 Å². The average Bonchev–Trinajstić information content (AvgIpc) is 2.84. The number of para-hydroxylation sites is 1. The number of nitrogens with zero attached hydrogens (tertiary/aromatic N) is 5. The predicted molar refractivity (Wildman–Crippen MR) is 124 cm³/mol. The number of amides is 2. The Hall–Kier alpha value is -2.52. The maximum absolute atomic E-state index is 12.6. The highest BCUT2D eigenvalue weighted by Gasteiger charge is 2.27. The number of ether oxygens (including phenoxy) is 1. The molecular formula is C22H28N6O2S. The molecule has 1 aromatic carbocycles. The molecule has 1 aromatic heterocycles. The summed E-state index contributed by atoms with van der Waals surface area (Å²) < 4.78 is 5.54. The van der Waals surface area contributed by atoms with Crippen molar-refractivity contribution in [3.05, 3.63) is 41.6 Å². The Morgan fingerprint density at radius 2 is 1.74 bits per heavy atom. The van der Waals surface area contributed by atoms with Crippen LogP contribution in [0.1, 0.15) is 11.3 Å². The molecule has 2 amide bonds. The van der Waals surface area contributed by atoms with Gasteiger partial charge in [0.05, 0.1) is 18.9 Å². The number of rotatable bonds is 3. The monoisotopic (exact) mass is 440 g/mol. The van der Waals surface area contributed by atoms with Crippen molar-refractivity contribution in [1.82, 2.24) is 14.9 Å². The fraction of sp³-hybridized carbons (Fsp3) is 0.500. The minimum absolute atomic E-state index is 0.0526. The number of aryl methyl sites for hydroxylation is 1. The molecule has 0 unspecified atom stereocenters. The fourth-order valence-electron chi connectivity index (χ4n) is 4.21. The number of hydrogen-bond donors (Lipinski definition) is 1. The number of piperazine rings is 1. The number of morpholine rings is 1. The number of urea groups is 1.